The first-order chi connectivity index (χ1) is 13.6. The number of amides is 1. The third-order valence-corrected chi connectivity index (χ3v) is 4.68. The molecular weight excluding hydrogens is 380 g/mol. The van der Waals surface area contributed by atoms with Crippen molar-refractivity contribution in [1.82, 2.24) is 14.8 Å². The lowest BCUT2D eigenvalue weighted by Gasteiger charge is -2.10. The highest BCUT2D eigenvalue weighted by Gasteiger charge is 2.18. The van der Waals surface area contributed by atoms with Gasteiger partial charge in [-0.3, -0.25) is 9.36 Å². The lowest BCUT2D eigenvalue weighted by molar-refractivity contribution is -0.113. The molecule has 0 saturated heterocycles. The molecule has 3 rings (SSSR count). The number of benzene rings is 1. The fraction of sp³-hybridized carbons (Fsp3) is 0.158. The van der Waals surface area contributed by atoms with Crippen molar-refractivity contribution in [3.8, 4) is 11.6 Å². The summed E-state index contributed by atoms with van der Waals surface area (Å²) in [4.78, 5) is 24.2. The number of anilines is 1. The van der Waals surface area contributed by atoms with Crippen LogP contribution in [0.1, 0.15) is 10.4 Å². The Morgan fingerprint density at radius 1 is 1.29 bits per heavy atom. The first-order valence-corrected chi connectivity index (χ1v) is 9.30. The summed E-state index contributed by atoms with van der Waals surface area (Å²) in [6, 6.07) is 10.2. The molecule has 0 aliphatic rings. The average Bonchev–Trinajstić information content (AvgIpc) is 3.36. The van der Waals surface area contributed by atoms with Gasteiger partial charge >= 0.3 is 5.97 Å². The molecule has 28 heavy (non-hydrogen) atoms. The minimum atomic E-state index is -0.516. The molecule has 9 heteroatoms. The third kappa shape index (κ3) is 4.32. The zero-order valence-electron chi connectivity index (χ0n) is 15.1. The molecule has 144 valence electrons. The van der Waals surface area contributed by atoms with Crippen LogP contribution in [0.25, 0.3) is 11.6 Å². The van der Waals surface area contributed by atoms with Crippen molar-refractivity contribution in [1.29, 1.82) is 0 Å². The molecule has 0 bridgehead atoms. The zero-order valence-corrected chi connectivity index (χ0v) is 15.9. The standard InChI is InChI=1S/C19H18N4O4S/c1-3-10-23-17(15-9-6-11-27-15)21-22-19(23)28-12-16(24)20-14-8-5-4-7-13(14)18(25)26-2/h3-9,11H,1,10,12H2,2H3,(H,20,24). The third-order valence-electron chi connectivity index (χ3n) is 3.71. The summed E-state index contributed by atoms with van der Waals surface area (Å²) in [6.45, 7) is 4.22. The number of nitrogens with one attached hydrogen (secondary N) is 1. The lowest BCUT2D eigenvalue weighted by atomic mass is 10.2. The summed E-state index contributed by atoms with van der Waals surface area (Å²) >= 11 is 1.22. The van der Waals surface area contributed by atoms with Crippen molar-refractivity contribution in [2.45, 2.75) is 11.7 Å². The molecule has 2 aromatic heterocycles. The zero-order chi connectivity index (χ0) is 19.9. The van der Waals surface area contributed by atoms with E-state index in [0.29, 0.717) is 34.5 Å². The largest absolute Gasteiger partial charge is 0.465 e. The van der Waals surface area contributed by atoms with Gasteiger partial charge in [0.1, 0.15) is 0 Å². The van der Waals surface area contributed by atoms with Crippen molar-refractivity contribution in [2.24, 2.45) is 0 Å². The molecule has 0 unspecified atom stereocenters. The lowest BCUT2D eigenvalue weighted by Crippen LogP contribution is -2.17. The average molecular weight is 398 g/mol. The SMILES string of the molecule is C=CCn1c(SCC(=O)Nc2ccccc2C(=O)OC)nnc1-c1ccco1. The Labute approximate surface area is 165 Å². The van der Waals surface area contributed by atoms with Gasteiger partial charge in [-0.05, 0) is 24.3 Å². The van der Waals surface area contributed by atoms with Crippen LogP contribution in [0.3, 0.4) is 0 Å². The smallest absolute Gasteiger partial charge is 0.339 e. The molecule has 0 spiro atoms. The molecule has 2 heterocycles. The number of furan rings is 1. The molecule has 1 N–H and O–H groups in total. The second-order valence-electron chi connectivity index (χ2n) is 5.56. The van der Waals surface area contributed by atoms with Gasteiger partial charge in [0.05, 0.1) is 30.4 Å². The summed E-state index contributed by atoms with van der Waals surface area (Å²) in [5.74, 6) is 0.427. The Balaban J connectivity index is 1.70. The molecule has 0 saturated carbocycles. The summed E-state index contributed by atoms with van der Waals surface area (Å²) in [5, 5.41) is 11.6. The van der Waals surface area contributed by atoms with E-state index < -0.39 is 5.97 Å². The molecular formula is C19H18N4O4S. The molecule has 0 fully saturated rings. The number of para-hydroxylation sites is 1. The summed E-state index contributed by atoms with van der Waals surface area (Å²) in [6.07, 6.45) is 3.27. The van der Waals surface area contributed by atoms with Crippen LogP contribution in [0.2, 0.25) is 0 Å². The van der Waals surface area contributed by atoms with Crippen LogP contribution in [0, 0.1) is 0 Å². The van der Waals surface area contributed by atoms with Gasteiger partial charge in [0.15, 0.2) is 10.9 Å². The Morgan fingerprint density at radius 3 is 2.82 bits per heavy atom. The predicted octanol–water partition coefficient (Wildman–Crippen LogP) is 3.24. The molecule has 0 radical (unpaired) electrons. The first-order valence-electron chi connectivity index (χ1n) is 8.32. The highest BCUT2D eigenvalue weighted by molar-refractivity contribution is 7.99. The van der Waals surface area contributed by atoms with Gasteiger partial charge < -0.3 is 14.5 Å². The predicted molar refractivity (Wildman–Crippen MR) is 105 cm³/mol. The molecule has 8 nitrogen and oxygen atoms in total. The number of thioether (sulfide) groups is 1. The number of hydrogen-bond donors (Lipinski definition) is 1. The molecule has 0 aliphatic carbocycles. The maximum atomic E-state index is 12.4. The molecule has 3 aromatic rings. The number of rotatable bonds is 8. The van der Waals surface area contributed by atoms with E-state index in [2.05, 4.69) is 22.1 Å². The number of hydrogen-bond acceptors (Lipinski definition) is 7. The Kier molecular flexibility index (Phi) is 6.28. The number of carbonyl (C=O) groups excluding carboxylic acids is 2. The molecule has 1 aromatic carbocycles. The van der Waals surface area contributed by atoms with Crippen LogP contribution < -0.4 is 5.32 Å². The van der Waals surface area contributed by atoms with Crippen molar-refractivity contribution in [3.05, 3.63) is 60.9 Å². The minimum Gasteiger partial charge on any atom is -0.465 e. The van der Waals surface area contributed by atoms with Crippen molar-refractivity contribution in [3.63, 3.8) is 0 Å². The highest BCUT2D eigenvalue weighted by Crippen LogP contribution is 2.25. The van der Waals surface area contributed by atoms with E-state index in [-0.39, 0.29) is 11.7 Å². The van der Waals surface area contributed by atoms with Gasteiger partial charge in [0, 0.05) is 6.54 Å². The minimum absolute atomic E-state index is 0.0862. The second kappa shape index (κ2) is 9.05. The fourth-order valence-electron chi connectivity index (χ4n) is 2.47. The number of carbonyl (C=O) groups is 2. The van der Waals surface area contributed by atoms with Crippen LogP contribution in [0.4, 0.5) is 5.69 Å². The molecule has 1 amide bonds. The van der Waals surface area contributed by atoms with E-state index in [0.717, 1.165) is 0 Å². The van der Waals surface area contributed by atoms with Gasteiger partial charge in [-0.15, -0.1) is 16.8 Å². The van der Waals surface area contributed by atoms with Crippen LogP contribution in [0.5, 0.6) is 0 Å². The number of esters is 1. The van der Waals surface area contributed by atoms with Gasteiger partial charge in [0.25, 0.3) is 0 Å². The van der Waals surface area contributed by atoms with Crippen LogP contribution in [-0.2, 0) is 16.1 Å². The van der Waals surface area contributed by atoms with Crippen molar-refractivity contribution in [2.75, 3.05) is 18.2 Å². The summed E-state index contributed by atoms with van der Waals surface area (Å²) in [5.41, 5.74) is 0.682. The summed E-state index contributed by atoms with van der Waals surface area (Å²) in [7, 11) is 1.29. The maximum Gasteiger partial charge on any atom is 0.339 e. The topological polar surface area (TPSA) is 99.2 Å². The van der Waals surface area contributed by atoms with E-state index in [1.807, 2.05) is 4.57 Å². The van der Waals surface area contributed by atoms with E-state index in [1.165, 1.54) is 18.9 Å². The normalized spacial score (nSPS) is 10.5. The monoisotopic (exact) mass is 398 g/mol. The van der Waals surface area contributed by atoms with E-state index in [1.54, 1.807) is 48.7 Å². The first kappa shape index (κ1) is 19.4. The van der Waals surface area contributed by atoms with Crippen molar-refractivity contribution >= 4 is 29.3 Å². The van der Waals surface area contributed by atoms with Crippen LogP contribution >= 0.6 is 11.8 Å². The Morgan fingerprint density at radius 2 is 2.11 bits per heavy atom. The van der Waals surface area contributed by atoms with Crippen LogP contribution in [0.15, 0.2) is 64.9 Å². The quantitative estimate of drug-likeness (QED) is 0.353. The molecule has 0 aliphatic heterocycles. The number of allylic oxidation sites excluding steroid dienone is 1. The van der Waals surface area contributed by atoms with E-state index in [4.69, 9.17) is 9.15 Å². The maximum absolute atomic E-state index is 12.4. The second-order valence-corrected chi connectivity index (χ2v) is 6.50. The summed E-state index contributed by atoms with van der Waals surface area (Å²) < 4.78 is 11.9. The Bertz CT molecular complexity index is 982. The van der Waals surface area contributed by atoms with Crippen molar-refractivity contribution < 1.29 is 18.7 Å². The van der Waals surface area contributed by atoms with E-state index in [9.17, 15) is 9.59 Å². The van der Waals surface area contributed by atoms with E-state index >= 15 is 0 Å². The fourth-order valence-corrected chi connectivity index (χ4v) is 3.22. The van der Waals surface area contributed by atoms with Gasteiger partial charge in [-0.2, -0.15) is 0 Å². The number of methoxy groups -OCH3 is 1. The highest BCUT2D eigenvalue weighted by atomic mass is 32.2. The van der Waals surface area contributed by atoms with Gasteiger partial charge in [-0.25, -0.2) is 4.79 Å². The van der Waals surface area contributed by atoms with Gasteiger partial charge in [0.2, 0.25) is 11.7 Å². The Hall–Kier alpha value is -3.33. The number of ether oxygens (including phenoxy) is 1. The number of nitrogens with zero attached hydrogens (tertiary/aromatic N) is 3. The van der Waals surface area contributed by atoms with Gasteiger partial charge in [-0.1, -0.05) is 30.0 Å². The number of aromatic nitrogens is 3. The molecule has 0 atom stereocenters. The van der Waals surface area contributed by atoms with Crippen LogP contribution in [-0.4, -0.2) is 39.5 Å².